The van der Waals surface area contributed by atoms with Crippen LogP contribution >= 0.6 is 12.0 Å². The van der Waals surface area contributed by atoms with Gasteiger partial charge in [-0.3, -0.25) is 14.9 Å². The Labute approximate surface area is 190 Å². The number of quaternary nitrogens is 1. The molecular weight excluding hydrogens is 414 g/mol. The molecule has 8 heteroatoms. The summed E-state index contributed by atoms with van der Waals surface area (Å²) in [6.07, 6.45) is 15.0. The Hall–Kier alpha value is -1.64. The van der Waals surface area contributed by atoms with Crippen LogP contribution in [0.4, 0.5) is 5.69 Å². The molecule has 7 nitrogen and oxygen atoms in total. The van der Waals surface area contributed by atoms with E-state index >= 15 is 0 Å². The maximum Gasteiger partial charge on any atom is 0.300 e. The number of carbonyl (C=O) groups is 1. The number of nitrogens with two attached hydrogens (primary N) is 1. The van der Waals surface area contributed by atoms with Crippen LogP contribution in [-0.2, 0) is 8.98 Å². The number of nitro benzene ring substituents is 1. The first-order valence-electron chi connectivity index (χ1n) is 11.6. The summed E-state index contributed by atoms with van der Waals surface area (Å²) in [5.74, 6) is -0.864. The number of benzene rings is 1. The molecule has 1 aromatic carbocycles. The number of carbonyl (C=O) groups excluding carboxylic acids is 1. The number of rotatable bonds is 7. The predicted molar refractivity (Wildman–Crippen MR) is 124 cm³/mol. The van der Waals surface area contributed by atoms with Gasteiger partial charge in [0.25, 0.3) is 5.69 Å². The number of hydrogen-bond acceptors (Lipinski definition) is 5. The molecule has 174 valence electrons. The van der Waals surface area contributed by atoms with Crippen LogP contribution in [0.2, 0.25) is 0 Å². The van der Waals surface area contributed by atoms with E-state index in [1.54, 1.807) is 19.9 Å². The van der Waals surface area contributed by atoms with Gasteiger partial charge in [0, 0.05) is 6.07 Å². The van der Waals surface area contributed by atoms with Crippen molar-refractivity contribution in [2.45, 2.75) is 101 Å². The van der Waals surface area contributed by atoms with Crippen LogP contribution < -0.4 is 5.32 Å². The van der Waals surface area contributed by atoms with Crippen LogP contribution in [-0.4, -0.2) is 29.0 Å². The van der Waals surface area contributed by atoms with Crippen molar-refractivity contribution in [3.8, 4) is 0 Å². The molecule has 0 aliphatic heterocycles. The minimum atomic E-state index is -0.986. The van der Waals surface area contributed by atoms with E-state index in [4.69, 9.17) is 9.92 Å². The molecule has 3 N–H and O–H groups in total. The zero-order chi connectivity index (χ0) is 22.6. The maximum absolute atomic E-state index is 11.4. The molecule has 0 unspecified atom stereocenters. The normalized spacial score (nSPS) is 18.7. The van der Waals surface area contributed by atoms with Crippen LogP contribution in [0.5, 0.6) is 0 Å². The fourth-order valence-electron chi connectivity index (χ4n) is 4.13. The number of nitro groups is 1. The third kappa shape index (κ3) is 9.17. The van der Waals surface area contributed by atoms with Gasteiger partial charge in [0.2, 0.25) is 0 Å². The Morgan fingerprint density at radius 2 is 1.58 bits per heavy atom. The minimum absolute atomic E-state index is 0.124. The third-order valence-corrected chi connectivity index (χ3v) is 6.81. The lowest BCUT2D eigenvalue weighted by Crippen LogP contribution is -2.95. The predicted octanol–water partition coefficient (Wildman–Crippen LogP) is 5.44. The Bertz CT molecular complexity index is 673. The minimum Gasteiger partial charge on any atom is -0.665 e. The Morgan fingerprint density at radius 3 is 2.06 bits per heavy atom. The van der Waals surface area contributed by atoms with Gasteiger partial charge in [-0.25, -0.2) is 0 Å². The van der Waals surface area contributed by atoms with Crippen molar-refractivity contribution in [2.24, 2.45) is 5.92 Å². The van der Waals surface area contributed by atoms with Crippen LogP contribution in [0.3, 0.4) is 0 Å². The van der Waals surface area contributed by atoms with E-state index in [-0.39, 0.29) is 16.5 Å². The fraction of sp³-hybridized carbons (Fsp3) is 0.696. The second kappa shape index (κ2) is 13.7. The lowest BCUT2D eigenvalue weighted by Gasteiger charge is -2.27. The van der Waals surface area contributed by atoms with Crippen molar-refractivity contribution in [1.82, 2.24) is 0 Å². The maximum atomic E-state index is 11.4. The smallest absolute Gasteiger partial charge is 0.300 e. The van der Waals surface area contributed by atoms with Crippen molar-refractivity contribution in [1.29, 1.82) is 0 Å². The van der Waals surface area contributed by atoms with E-state index in [2.05, 4.69) is 5.32 Å². The molecule has 0 heterocycles. The average molecular weight is 452 g/mol. The highest BCUT2D eigenvalue weighted by molar-refractivity contribution is 7.95. The van der Waals surface area contributed by atoms with Crippen molar-refractivity contribution in [3.05, 3.63) is 40.1 Å². The van der Waals surface area contributed by atoms with Gasteiger partial charge in [0.1, 0.15) is 16.9 Å². The van der Waals surface area contributed by atoms with Gasteiger partial charge >= 0.3 is 5.97 Å². The summed E-state index contributed by atoms with van der Waals surface area (Å²) in [6.45, 7) is 3.46. The molecule has 2 saturated carbocycles. The Kier molecular flexibility index (Phi) is 11.3. The first-order valence-corrected chi connectivity index (χ1v) is 12.3. The highest BCUT2D eigenvalue weighted by atomic mass is 32.2. The quantitative estimate of drug-likeness (QED) is 0.337. The second-order valence-electron chi connectivity index (χ2n) is 8.92. The SMILES string of the molecule is C1CCC([NH2+]C2CCCCC2)CC1.CC(C)[C@H]([NH-])C(=O)OSc1ccccc1[N+](=O)[O-]. The zero-order valence-corrected chi connectivity index (χ0v) is 19.6. The third-order valence-electron chi connectivity index (χ3n) is 6.04. The summed E-state index contributed by atoms with van der Waals surface area (Å²) in [5.41, 5.74) is 7.39. The first-order chi connectivity index (χ1) is 14.9. The summed E-state index contributed by atoms with van der Waals surface area (Å²) in [4.78, 5) is 21.9. The fourth-order valence-corrected chi connectivity index (χ4v) is 4.76. The lowest BCUT2D eigenvalue weighted by atomic mass is 9.91. The largest absolute Gasteiger partial charge is 0.665 e. The van der Waals surface area contributed by atoms with Gasteiger partial charge in [-0.05, 0) is 63.5 Å². The van der Waals surface area contributed by atoms with E-state index in [9.17, 15) is 14.9 Å². The van der Waals surface area contributed by atoms with Gasteiger partial charge in [-0.2, -0.15) is 0 Å². The van der Waals surface area contributed by atoms with Crippen LogP contribution in [0.1, 0.15) is 78.1 Å². The summed E-state index contributed by atoms with van der Waals surface area (Å²) in [7, 11) is 0. The molecule has 0 bridgehead atoms. The van der Waals surface area contributed by atoms with E-state index in [0.29, 0.717) is 12.0 Å². The van der Waals surface area contributed by atoms with Gasteiger partial charge in [0.05, 0.1) is 17.0 Å². The molecule has 0 aromatic heterocycles. The average Bonchev–Trinajstić information content (AvgIpc) is 2.79. The monoisotopic (exact) mass is 451 g/mol. The molecular formula is C23H37N3O4S. The molecule has 2 aliphatic carbocycles. The topological polar surface area (TPSA) is 110 Å². The van der Waals surface area contributed by atoms with Crippen molar-refractivity contribution < 1.29 is 19.2 Å². The van der Waals surface area contributed by atoms with E-state index in [0.717, 1.165) is 12.1 Å². The Morgan fingerprint density at radius 1 is 1.06 bits per heavy atom. The number of para-hydroxylation sites is 1. The molecule has 0 spiro atoms. The number of nitrogens with zero attached hydrogens (tertiary/aromatic N) is 1. The molecule has 0 amide bonds. The van der Waals surface area contributed by atoms with E-state index in [1.165, 1.54) is 82.4 Å². The molecule has 2 aliphatic rings. The highest BCUT2D eigenvalue weighted by Gasteiger charge is 2.23. The number of nitrogens with one attached hydrogen (secondary N) is 1. The van der Waals surface area contributed by atoms with E-state index < -0.39 is 16.9 Å². The molecule has 1 aromatic rings. The molecule has 1 atom stereocenters. The summed E-state index contributed by atoms with van der Waals surface area (Å²) in [6, 6.07) is 6.98. The van der Waals surface area contributed by atoms with Crippen LogP contribution in [0.25, 0.3) is 5.73 Å². The van der Waals surface area contributed by atoms with Crippen molar-refractivity contribution in [2.75, 3.05) is 0 Å². The summed E-state index contributed by atoms with van der Waals surface area (Å²) < 4.78 is 4.83. The molecule has 0 radical (unpaired) electrons. The second-order valence-corrected chi connectivity index (χ2v) is 9.69. The van der Waals surface area contributed by atoms with Gasteiger partial charge in [-0.1, -0.05) is 44.7 Å². The van der Waals surface area contributed by atoms with Crippen LogP contribution in [0.15, 0.2) is 29.2 Å². The van der Waals surface area contributed by atoms with Crippen LogP contribution in [0, 0.1) is 16.0 Å². The molecule has 0 saturated heterocycles. The van der Waals surface area contributed by atoms with Gasteiger partial charge in [-0.15, -0.1) is 0 Å². The van der Waals surface area contributed by atoms with Gasteiger partial charge in [0.15, 0.2) is 0 Å². The molecule has 3 rings (SSSR count). The van der Waals surface area contributed by atoms with E-state index in [1.807, 2.05) is 0 Å². The molecule has 31 heavy (non-hydrogen) atoms. The van der Waals surface area contributed by atoms with Crippen molar-refractivity contribution >= 4 is 23.7 Å². The highest BCUT2D eigenvalue weighted by Crippen LogP contribution is 2.30. The molecule has 2 fully saturated rings. The zero-order valence-electron chi connectivity index (χ0n) is 18.8. The summed E-state index contributed by atoms with van der Waals surface area (Å²) in [5, 5.41) is 13.4. The first kappa shape index (κ1) is 25.6. The van der Waals surface area contributed by atoms with Gasteiger partial charge < -0.3 is 15.2 Å². The van der Waals surface area contributed by atoms with Crippen molar-refractivity contribution in [3.63, 3.8) is 0 Å². The Balaban J connectivity index is 0.000000231. The number of hydrogen-bond donors (Lipinski definition) is 1. The standard InChI is InChI=1S/C12H23N.C11H13N2O4S/c1-3-7-11(8-4-1)13-12-9-5-2-6-10-12;1-7(2)10(12)11(14)17-18-9-6-4-3-5-8(9)13(15)16/h11-13H,1-10H2;3-7,10,12H,1-2H3/q;-1/p+1/t;10-/m.0/s1. The lowest BCUT2D eigenvalue weighted by molar-refractivity contribution is -0.725. The summed E-state index contributed by atoms with van der Waals surface area (Å²) >= 11 is 0.618.